The Bertz CT molecular complexity index is 1200. The molecule has 5 rings (SSSR count). The molecule has 0 saturated carbocycles. The van der Waals surface area contributed by atoms with Crippen LogP contribution in [0.15, 0.2) is 41.5 Å². The summed E-state index contributed by atoms with van der Waals surface area (Å²) in [5.74, 6) is 1.67. The van der Waals surface area contributed by atoms with E-state index in [0.29, 0.717) is 52.5 Å². The fourth-order valence-electron chi connectivity index (χ4n) is 3.16. The molecule has 0 aromatic carbocycles. The molecule has 0 amide bonds. The van der Waals surface area contributed by atoms with E-state index in [9.17, 15) is 4.79 Å². The van der Waals surface area contributed by atoms with E-state index in [2.05, 4.69) is 19.9 Å². The molecule has 0 fully saturated rings. The maximum Gasteiger partial charge on any atom is 0.333 e. The Labute approximate surface area is 147 Å². The number of ether oxygens (including phenoxy) is 2. The van der Waals surface area contributed by atoms with Crippen molar-refractivity contribution in [1.29, 1.82) is 0 Å². The smallest absolute Gasteiger partial charge is 0.333 e. The van der Waals surface area contributed by atoms with Gasteiger partial charge in [0, 0.05) is 30.9 Å². The van der Waals surface area contributed by atoms with Gasteiger partial charge in [0.25, 0.3) is 0 Å². The van der Waals surface area contributed by atoms with Crippen molar-refractivity contribution in [3.63, 3.8) is 0 Å². The lowest BCUT2D eigenvalue weighted by Crippen LogP contribution is -2.19. The molecule has 5 heterocycles. The van der Waals surface area contributed by atoms with Gasteiger partial charge in [0.05, 0.1) is 18.2 Å². The maximum atomic E-state index is 12.6. The Morgan fingerprint density at radius 1 is 1.15 bits per heavy atom. The second-order valence-electron chi connectivity index (χ2n) is 6.18. The summed E-state index contributed by atoms with van der Waals surface area (Å²) in [6.45, 7) is 2.45. The highest BCUT2D eigenvalue weighted by atomic mass is 16.5. The molecule has 1 unspecified atom stereocenters. The topological polar surface area (TPSA) is 94.9 Å². The van der Waals surface area contributed by atoms with Gasteiger partial charge in [-0.1, -0.05) is 0 Å². The third kappa shape index (κ3) is 2.22. The number of hydrogen-bond donors (Lipinski definition) is 1. The number of imidazole rings is 1. The van der Waals surface area contributed by atoms with E-state index in [0.717, 1.165) is 0 Å². The predicted molar refractivity (Wildman–Crippen MR) is 95.0 cm³/mol. The highest BCUT2D eigenvalue weighted by molar-refractivity contribution is 5.83. The maximum absolute atomic E-state index is 12.6. The van der Waals surface area contributed by atoms with Crippen LogP contribution in [0.4, 0.5) is 0 Å². The molecule has 0 radical (unpaired) electrons. The van der Waals surface area contributed by atoms with Crippen LogP contribution in [0, 0.1) is 0 Å². The lowest BCUT2D eigenvalue weighted by molar-refractivity contribution is 0.179. The second kappa shape index (κ2) is 5.55. The van der Waals surface area contributed by atoms with Crippen molar-refractivity contribution in [3.8, 4) is 17.3 Å². The van der Waals surface area contributed by atoms with E-state index >= 15 is 0 Å². The molecule has 1 aliphatic heterocycles. The van der Waals surface area contributed by atoms with Crippen molar-refractivity contribution in [2.45, 2.75) is 19.4 Å². The van der Waals surface area contributed by atoms with E-state index < -0.39 is 0 Å². The van der Waals surface area contributed by atoms with Gasteiger partial charge in [0.2, 0.25) is 0 Å². The number of aromatic nitrogens is 5. The highest BCUT2D eigenvalue weighted by Crippen LogP contribution is 2.28. The van der Waals surface area contributed by atoms with Crippen molar-refractivity contribution >= 4 is 22.2 Å². The molecule has 4 aromatic rings. The largest absolute Gasteiger partial charge is 0.491 e. The minimum atomic E-state index is -0.327. The first kappa shape index (κ1) is 14.9. The highest BCUT2D eigenvalue weighted by Gasteiger charge is 2.19. The van der Waals surface area contributed by atoms with Gasteiger partial charge in [0.15, 0.2) is 5.65 Å². The molecule has 4 aromatic heterocycles. The van der Waals surface area contributed by atoms with Crippen LogP contribution in [0.5, 0.6) is 11.5 Å². The summed E-state index contributed by atoms with van der Waals surface area (Å²) in [7, 11) is 0. The van der Waals surface area contributed by atoms with Crippen LogP contribution < -0.4 is 15.2 Å². The average molecular weight is 349 g/mol. The van der Waals surface area contributed by atoms with Crippen LogP contribution in [0.3, 0.4) is 0 Å². The van der Waals surface area contributed by atoms with Gasteiger partial charge < -0.3 is 9.47 Å². The Kier molecular flexibility index (Phi) is 3.18. The van der Waals surface area contributed by atoms with E-state index in [1.165, 1.54) is 4.57 Å². The van der Waals surface area contributed by atoms with Crippen LogP contribution in [-0.4, -0.2) is 37.2 Å². The predicted octanol–water partition coefficient (Wildman–Crippen LogP) is 2.21. The molecular formula is C18H15N5O3. The summed E-state index contributed by atoms with van der Waals surface area (Å²) in [5.41, 5.74) is 2.03. The van der Waals surface area contributed by atoms with E-state index in [1.807, 2.05) is 13.0 Å². The number of H-pyrrole nitrogens is 1. The van der Waals surface area contributed by atoms with Crippen molar-refractivity contribution in [2.75, 3.05) is 6.61 Å². The molecule has 2 bridgehead atoms. The summed E-state index contributed by atoms with van der Waals surface area (Å²) in [6, 6.07) is 7.10. The molecule has 1 atom stereocenters. The Morgan fingerprint density at radius 2 is 2.00 bits per heavy atom. The van der Waals surface area contributed by atoms with E-state index in [1.54, 1.807) is 30.6 Å². The normalized spacial score (nSPS) is 16.7. The SMILES string of the molecule is CC1CCOc2ccnc3ccc(nc23)-n2c(=O)[nH]c3nccc(c32)O1. The zero-order valence-electron chi connectivity index (χ0n) is 14.0. The molecule has 26 heavy (non-hydrogen) atoms. The standard InChI is InChI=1S/C18H15N5O3/c1-10-6-9-25-12-4-7-19-11-2-3-14(21-15(11)12)23-16-13(26-10)5-8-20-17(16)22-18(23)24/h2-5,7-8,10H,6,9H2,1H3,(H,20,22,24). The Morgan fingerprint density at radius 3 is 2.92 bits per heavy atom. The molecule has 1 N–H and O–H groups in total. The molecule has 130 valence electrons. The van der Waals surface area contributed by atoms with Gasteiger partial charge in [-0.3, -0.25) is 9.97 Å². The number of nitrogens with zero attached hydrogens (tertiary/aromatic N) is 4. The number of aromatic amines is 1. The first-order valence-electron chi connectivity index (χ1n) is 8.36. The van der Waals surface area contributed by atoms with Crippen molar-refractivity contribution in [2.24, 2.45) is 0 Å². The molecule has 0 spiro atoms. The molecule has 8 heteroatoms. The van der Waals surface area contributed by atoms with Gasteiger partial charge in [-0.05, 0) is 19.1 Å². The second-order valence-corrected chi connectivity index (χ2v) is 6.18. The summed E-state index contributed by atoms with van der Waals surface area (Å²) in [5, 5.41) is 0. The Hall–Kier alpha value is -3.42. The first-order chi connectivity index (χ1) is 12.7. The molecule has 0 aliphatic carbocycles. The van der Waals surface area contributed by atoms with Gasteiger partial charge in [0.1, 0.15) is 28.4 Å². The van der Waals surface area contributed by atoms with Gasteiger partial charge in [-0.15, -0.1) is 0 Å². The zero-order valence-corrected chi connectivity index (χ0v) is 14.0. The molecule has 0 saturated heterocycles. The number of pyridine rings is 3. The van der Waals surface area contributed by atoms with Crippen molar-refractivity contribution < 1.29 is 9.47 Å². The third-order valence-corrected chi connectivity index (χ3v) is 4.41. The first-order valence-corrected chi connectivity index (χ1v) is 8.36. The fraction of sp³-hybridized carbons (Fsp3) is 0.222. The molecular weight excluding hydrogens is 334 g/mol. The number of rotatable bonds is 0. The molecule has 8 nitrogen and oxygen atoms in total. The number of fused-ring (bicyclic) bond motifs is 2. The number of hydrogen-bond acceptors (Lipinski definition) is 6. The lowest BCUT2D eigenvalue weighted by atomic mass is 10.2. The van der Waals surface area contributed by atoms with Gasteiger partial charge in [-0.25, -0.2) is 19.3 Å². The lowest BCUT2D eigenvalue weighted by Gasteiger charge is -2.18. The average Bonchev–Trinajstić information content (AvgIpc) is 2.97. The quantitative estimate of drug-likeness (QED) is 0.523. The number of nitrogens with one attached hydrogen (secondary N) is 1. The van der Waals surface area contributed by atoms with Crippen LogP contribution in [0.25, 0.3) is 28.0 Å². The van der Waals surface area contributed by atoms with Crippen LogP contribution in [0.2, 0.25) is 0 Å². The van der Waals surface area contributed by atoms with Crippen molar-refractivity contribution in [1.82, 2.24) is 24.5 Å². The van der Waals surface area contributed by atoms with E-state index in [4.69, 9.17) is 9.47 Å². The summed E-state index contributed by atoms with van der Waals surface area (Å²) in [4.78, 5) is 28.6. The Balaban J connectivity index is 1.88. The van der Waals surface area contributed by atoms with Crippen molar-refractivity contribution in [3.05, 3.63) is 47.1 Å². The van der Waals surface area contributed by atoms with Crippen LogP contribution >= 0.6 is 0 Å². The summed E-state index contributed by atoms with van der Waals surface area (Å²) >= 11 is 0. The summed E-state index contributed by atoms with van der Waals surface area (Å²) < 4.78 is 13.4. The monoisotopic (exact) mass is 349 g/mol. The zero-order chi connectivity index (χ0) is 17.7. The van der Waals surface area contributed by atoms with Crippen LogP contribution in [-0.2, 0) is 0 Å². The minimum Gasteiger partial charge on any atom is -0.491 e. The fourth-order valence-corrected chi connectivity index (χ4v) is 3.16. The van der Waals surface area contributed by atoms with Gasteiger partial charge in [-0.2, -0.15) is 0 Å². The molecule has 1 aliphatic rings. The summed E-state index contributed by atoms with van der Waals surface area (Å²) in [6.07, 6.45) is 3.89. The van der Waals surface area contributed by atoms with Crippen LogP contribution in [0.1, 0.15) is 13.3 Å². The van der Waals surface area contributed by atoms with Gasteiger partial charge >= 0.3 is 5.69 Å². The third-order valence-electron chi connectivity index (χ3n) is 4.41. The minimum absolute atomic E-state index is 0.0953. The van der Waals surface area contributed by atoms with E-state index in [-0.39, 0.29) is 11.8 Å².